The summed E-state index contributed by atoms with van der Waals surface area (Å²) in [6, 6.07) is 4.31. The van der Waals surface area contributed by atoms with E-state index in [-0.39, 0.29) is 12.4 Å². The Labute approximate surface area is 111 Å². The number of hydrogen-bond acceptors (Lipinski definition) is 1. The lowest BCUT2D eigenvalue weighted by molar-refractivity contribution is -0.682. The minimum atomic E-state index is -0.892. The molecule has 0 aromatic carbocycles. The van der Waals surface area contributed by atoms with Crippen molar-refractivity contribution < 1.29 is 17.0 Å². The van der Waals surface area contributed by atoms with E-state index < -0.39 is 8.07 Å². The number of thioether (sulfide) groups is 1. The largest absolute Gasteiger partial charge is 1.00 e. The van der Waals surface area contributed by atoms with Crippen molar-refractivity contribution in [1.29, 1.82) is 0 Å². The molecule has 0 saturated heterocycles. The molecule has 0 bridgehead atoms. The van der Waals surface area contributed by atoms with Gasteiger partial charge >= 0.3 is 0 Å². The minimum Gasteiger partial charge on any atom is -1.00 e. The molecule has 16 heavy (non-hydrogen) atoms. The number of aromatic nitrogens is 1. The van der Waals surface area contributed by atoms with Crippen molar-refractivity contribution in [3.63, 3.8) is 0 Å². The number of rotatable bonds is 4. The van der Waals surface area contributed by atoms with Crippen LogP contribution in [0.15, 0.2) is 18.3 Å². The zero-order valence-electron chi connectivity index (χ0n) is 10.9. The van der Waals surface area contributed by atoms with Crippen LogP contribution in [0, 0.1) is 13.8 Å². The Morgan fingerprint density at radius 3 is 2.44 bits per heavy atom. The third kappa shape index (κ3) is 5.37. The van der Waals surface area contributed by atoms with Crippen LogP contribution in [0.2, 0.25) is 19.6 Å². The maximum absolute atomic E-state index is 2.42. The first-order valence-corrected chi connectivity index (χ1v) is 10.3. The van der Waals surface area contributed by atoms with E-state index in [1.165, 1.54) is 16.6 Å². The topological polar surface area (TPSA) is 3.88 Å². The van der Waals surface area contributed by atoms with Crippen molar-refractivity contribution in [3.8, 4) is 0 Å². The van der Waals surface area contributed by atoms with E-state index in [2.05, 4.69) is 68.1 Å². The second kappa shape index (κ2) is 6.67. The molecule has 0 radical (unpaired) electrons. The van der Waals surface area contributed by atoms with E-state index in [4.69, 9.17) is 0 Å². The van der Waals surface area contributed by atoms with Crippen LogP contribution in [0.4, 0.5) is 0 Å². The summed E-state index contributed by atoms with van der Waals surface area (Å²) in [5.41, 5.74) is 2.77. The van der Waals surface area contributed by atoms with Gasteiger partial charge in [-0.2, -0.15) is 4.57 Å². The molecule has 92 valence electrons. The van der Waals surface area contributed by atoms with Crippen LogP contribution in [-0.4, -0.2) is 13.5 Å². The molecular weight excluding hydrogens is 254 g/mol. The average Bonchev–Trinajstić information content (AvgIpc) is 2.10. The van der Waals surface area contributed by atoms with E-state index in [9.17, 15) is 0 Å². The Balaban J connectivity index is 0.00000225. The Bertz CT molecular complexity index is 336. The van der Waals surface area contributed by atoms with Gasteiger partial charge in [0.1, 0.15) is 0 Å². The van der Waals surface area contributed by atoms with Crippen LogP contribution in [0.5, 0.6) is 0 Å². The van der Waals surface area contributed by atoms with Gasteiger partial charge in [0, 0.05) is 18.6 Å². The summed E-state index contributed by atoms with van der Waals surface area (Å²) in [5, 5.41) is 1.34. The molecule has 1 heterocycles. The Hall–Kier alpha value is 0.00688. The Morgan fingerprint density at radius 2 is 1.88 bits per heavy atom. The highest BCUT2D eigenvalue weighted by atomic mass is 35.5. The fourth-order valence-corrected chi connectivity index (χ4v) is 4.63. The summed E-state index contributed by atoms with van der Waals surface area (Å²) in [7, 11) is -0.892. The van der Waals surface area contributed by atoms with Crippen LogP contribution >= 0.6 is 11.8 Å². The highest BCUT2D eigenvalue weighted by molar-refractivity contribution is 7.99. The lowest BCUT2D eigenvalue weighted by Gasteiger charge is -2.13. The predicted molar refractivity (Wildman–Crippen MR) is 71.9 cm³/mol. The fraction of sp³-hybridized carbons (Fsp3) is 0.583. The summed E-state index contributed by atoms with van der Waals surface area (Å²) in [6.07, 6.45) is 2.18. The maximum Gasteiger partial charge on any atom is 0.194 e. The van der Waals surface area contributed by atoms with Crippen molar-refractivity contribution >= 4 is 19.8 Å². The minimum absolute atomic E-state index is 0. The van der Waals surface area contributed by atoms with Gasteiger partial charge in [-0.05, 0) is 18.4 Å². The van der Waals surface area contributed by atoms with Gasteiger partial charge in [0.15, 0.2) is 17.8 Å². The molecule has 0 amide bonds. The third-order valence-corrected chi connectivity index (χ3v) is 7.12. The summed E-state index contributed by atoms with van der Waals surface area (Å²) < 4.78 is 2.35. The van der Waals surface area contributed by atoms with Gasteiger partial charge in [0.2, 0.25) is 0 Å². The molecule has 0 N–H and O–H groups in total. The van der Waals surface area contributed by atoms with Gasteiger partial charge in [-0.15, -0.1) is 0 Å². The summed E-state index contributed by atoms with van der Waals surface area (Å²) in [5.74, 6) is 1.10. The van der Waals surface area contributed by atoms with Gasteiger partial charge < -0.3 is 12.4 Å². The first kappa shape index (κ1) is 16.0. The quantitative estimate of drug-likeness (QED) is 0.560. The molecule has 1 aromatic heterocycles. The van der Waals surface area contributed by atoms with E-state index in [0.717, 1.165) is 5.88 Å². The molecule has 0 fully saturated rings. The third-order valence-electron chi connectivity index (χ3n) is 2.38. The first-order valence-electron chi connectivity index (χ1n) is 5.43. The molecule has 0 aliphatic heterocycles. The predicted octanol–water partition coefficient (Wildman–Crippen LogP) is 0.163. The van der Waals surface area contributed by atoms with Gasteiger partial charge in [-0.25, -0.2) is 0 Å². The monoisotopic (exact) mass is 275 g/mol. The Morgan fingerprint density at radius 1 is 1.25 bits per heavy atom. The highest BCUT2D eigenvalue weighted by Crippen LogP contribution is 2.11. The Kier molecular flexibility index (Phi) is 6.67. The molecular formula is C12H22ClNSSi. The first-order chi connectivity index (χ1) is 6.90. The normalized spacial score (nSPS) is 11.1. The lowest BCUT2D eigenvalue weighted by atomic mass is 10.2. The van der Waals surface area contributed by atoms with Gasteiger partial charge in [0.05, 0.1) is 8.07 Å². The lowest BCUT2D eigenvalue weighted by Crippen LogP contribution is -3.00. The van der Waals surface area contributed by atoms with Gasteiger partial charge in [0.25, 0.3) is 0 Å². The van der Waals surface area contributed by atoms with Crippen molar-refractivity contribution in [2.45, 2.75) is 39.4 Å². The molecule has 0 unspecified atom stereocenters. The SMILES string of the molecule is Cc1ccc[n+](CSC[Si](C)(C)C)c1C.[Cl-]. The van der Waals surface area contributed by atoms with E-state index in [0.29, 0.717) is 0 Å². The molecule has 0 aliphatic rings. The number of hydrogen-bond donors (Lipinski definition) is 0. The molecule has 1 rings (SSSR count). The number of halogens is 1. The van der Waals surface area contributed by atoms with Crippen molar-refractivity contribution in [2.24, 2.45) is 0 Å². The second-order valence-electron chi connectivity index (χ2n) is 5.28. The smallest absolute Gasteiger partial charge is 0.194 e. The standard InChI is InChI=1S/C12H22NSSi.ClH/c1-11-7-6-8-13(12(11)2)9-14-10-15(3,4)5;/h6-8H,9-10H2,1-5H3;1H/q+1;/p-1. The van der Waals surface area contributed by atoms with Gasteiger partial charge in [-0.1, -0.05) is 31.4 Å². The van der Waals surface area contributed by atoms with Crippen LogP contribution in [0.25, 0.3) is 0 Å². The maximum atomic E-state index is 2.42. The van der Waals surface area contributed by atoms with E-state index >= 15 is 0 Å². The molecule has 0 aliphatic carbocycles. The molecule has 0 spiro atoms. The van der Waals surface area contributed by atoms with Crippen molar-refractivity contribution in [1.82, 2.24) is 0 Å². The van der Waals surface area contributed by atoms with E-state index in [1.54, 1.807) is 0 Å². The van der Waals surface area contributed by atoms with Crippen molar-refractivity contribution in [3.05, 3.63) is 29.6 Å². The number of pyridine rings is 1. The molecule has 1 nitrogen and oxygen atoms in total. The van der Waals surface area contributed by atoms with Crippen LogP contribution < -0.4 is 17.0 Å². The highest BCUT2D eigenvalue weighted by Gasteiger charge is 2.15. The van der Waals surface area contributed by atoms with Crippen LogP contribution in [-0.2, 0) is 5.88 Å². The summed E-state index contributed by atoms with van der Waals surface area (Å²) >= 11 is 2.06. The zero-order valence-corrected chi connectivity index (χ0v) is 13.5. The molecule has 1 aromatic rings. The second-order valence-corrected chi connectivity index (χ2v) is 12.2. The van der Waals surface area contributed by atoms with Crippen LogP contribution in [0.1, 0.15) is 11.3 Å². The van der Waals surface area contributed by atoms with Crippen LogP contribution in [0.3, 0.4) is 0 Å². The van der Waals surface area contributed by atoms with Crippen molar-refractivity contribution in [2.75, 3.05) is 5.38 Å². The molecule has 0 saturated carbocycles. The number of nitrogens with zero attached hydrogens (tertiary/aromatic N) is 1. The average molecular weight is 276 g/mol. The molecule has 4 heteroatoms. The molecule has 0 atom stereocenters. The zero-order chi connectivity index (χ0) is 11.5. The number of aryl methyl sites for hydroxylation is 1. The van der Waals surface area contributed by atoms with Gasteiger partial charge in [-0.3, -0.25) is 0 Å². The summed E-state index contributed by atoms with van der Waals surface area (Å²) in [6.45, 7) is 11.6. The van der Waals surface area contributed by atoms with E-state index in [1.807, 2.05) is 0 Å². The summed E-state index contributed by atoms with van der Waals surface area (Å²) in [4.78, 5) is 0. The fourth-order valence-electron chi connectivity index (χ4n) is 1.34.